The Morgan fingerprint density at radius 1 is 0.868 bits per heavy atom. The number of rotatable bonds is 8. The van der Waals surface area contributed by atoms with E-state index in [0.29, 0.717) is 36.2 Å². The van der Waals surface area contributed by atoms with Crippen LogP contribution in [-0.2, 0) is 24.8 Å². The maximum absolute atomic E-state index is 13.1. The Bertz CT molecular complexity index is 1560. The minimum atomic E-state index is -4.08. The van der Waals surface area contributed by atoms with Crippen molar-refractivity contribution in [3.63, 3.8) is 0 Å². The van der Waals surface area contributed by atoms with Gasteiger partial charge in [-0.15, -0.1) is 11.8 Å². The number of morpholine rings is 1. The van der Waals surface area contributed by atoms with Gasteiger partial charge in [-0.1, -0.05) is 23.2 Å². The zero-order valence-corrected chi connectivity index (χ0v) is 23.9. The van der Waals surface area contributed by atoms with Crippen molar-refractivity contribution in [1.29, 1.82) is 0 Å². The number of carbonyl (C=O) groups excluding carboxylic acids is 1. The number of ether oxygens (including phenoxy) is 1. The van der Waals surface area contributed by atoms with Gasteiger partial charge in [0.15, 0.2) is 0 Å². The molecule has 14 heteroatoms. The number of thioether (sulfide) groups is 1. The Balaban J connectivity index is 1.53. The molecule has 0 radical (unpaired) electrons. The predicted octanol–water partition coefficient (Wildman–Crippen LogP) is 4.79. The van der Waals surface area contributed by atoms with E-state index >= 15 is 0 Å². The van der Waals surface area contributed by atoms with Crippen molar-refractivity contribution in [3.8, 4) is 0 Å². The fourth-order valence-electron chi connectivity index (χ4n) is 3.65. The van der Waals surface area contributed by atoms with Crippen LogP contribution in [0.25, 0.3) is 0 Å². The number of hydrogen-bond acceptors (Lipinski definition) is 7. The number of benzene rings is 3. The van der Waals surface area contributed by atoms with Crippen molar-refractivity contribution in [2.75, 3.05) is 42.0 Å². The minimum absolute atomic E-state index is 0.0948. The second kappa shape index (κ2) is 11.7. The first-order valence-corrected chi connectivity index (χ1v) is 16.1. The maximum atomic E-state index is 13.1. The summed E-state index contributed by atoms with van der Waals surface area (Å²) < 4.78 is 61.9. The Morgan fingerprint density at radius 3 is 2.13 bits per heavy atom. The van der Waals surface area contributed by atoms with Gasteiger partial charge in [0, 0.05) is 28.7 Å². The van der Waals surface area contributed by atoms with E-state index in [2.05, 4.69) is 9.44 Å². The molecular weight excluding hydrogens is 593 g/mol. The van der Waals surface area contributed by atoms with E-state index in [9.17, 15) is 21.6 Å². The Hall–Kier alpha value is -2.48. The smallest absolute Gasteiger partial charge is 0.261 e. The fraction of sp³-hybridized carbons (Fsp3) is 0.208. The Kier molecular flexibility index (Phi) is 8.80. The summed E-state index contributed by atoms with van der Waals surface area (Å²) >= 11 is 13.3. The third-order valence-electron chi connectivity index (χ3n) is 5.60. The van der Waals surface area contributed by atoms with Crippen LogP contribution in [0.3, 0.4) is 0 Å². The number of nitrogens with one attached hydrogen (secondary N) is 2. The lowest BCUT2D eigenvalue weighted by Crippen LogP contribution is -2.40. The van der Waals surface area contributed by atoms with Crippen molar-refractivity contribution in [2.45, 2.75) is 14.7 Å². The van der Waals surface area contributed by atoms with Crippen molar-refractivity contribution in [1.82, 2.24) is 4.90 Å². The second-order valence-electron chi connectivity index (χ2n) is 8.13. The highest BCUT2D eigenvalue weighted by molar-refractivity contribution is 7.98. The van der Waals surface area contributed by atoms with E-state index < -0.39 is 20.0 Å². The summed E-state index contributed by atoms with van der Waals surface area (Å²) in [7, 11) is -8.08. The van der Waals surface area contributed by atoms with E-state index in [4.69, 9.17) is 27.9 Å². The van der Waals surface area contributed by atoms with Crippen molar-refractivity contribution in [2.24, 2.45) is 0 Å². The third kappa shape index (κ3) is 6.56. The molecule has 0 unspecified atom stereocenters. The van der Waals surface area contributed by atoms with Gasteiger partial charge in [-0.3, -0.25) is 14.2 Å². The largest absolute Gasteiger partial charge is 0.378 e. The summed E-state index contributed by atoms with van der Waals surface area (Å²) in [5.74, 6) is -0.266. The van der Waals surface area contributed by atoms with Gasteiger partial charge >= 0.3 is 0 Å². The SMILES string of the molecule is CSc1ccc(S(=O)(=O)Nc2ccc(S(=O)(=O)Nc3ccc(Cl)cc3Cl)cc2)cc1C(=O)N1CCOCC1. The van der Waals surface area contributed by atoms with Gasteiger partial charge in [0.05, 0.1) is 39.3 Å². The van der Waals surface area contributed by atoms with Crippen molar-refractivity contribution < 1.29 is 26.4 Å². The van der Waals surface area contributed by atoms with Crippen LogP contribution >= 0.6 is 35.0 Å². The Labute approximate surface area is 235 Å². The van der Waals surface area contributed by atoms with Gasteiger partial charge in [0.1, 0.15) is 0 Å². The molecule has 0 spiro atoms. The molecule has 0 aliphatic carbocycles. The molecule has 1 fully saturated rings. The topological polar surface area (TPSA) is 122 Å². The first-order valence-electron chi connectivity index (χ1n) is 11.2. The summed E-state index contributed by atoms with van der Waals surface area (Å²) in [4.78, 5) is 15.2. The molecule has 9 nitrogen and oxygen atoms in total. The molecule has 1 heterocycles. The average Bonchev–Trinajstić information content (AvgIpc) is 2.90. The van der Waals surface area contributed by atoms with Gasteiger partial charge in [-0.05, 0) is 66.9 Å². The lowest BCUT2D eigenvalue weighted by atomic mass is 10.2. The highest BCUT2D eigenvalue weighted by atomic mass is 35.5. The van der Waals surface area contributed by atoms with Crippen molar-refractivity contribution >= 4 is 72.3 Å². The monoisotopic (exact) mass is 615 g/mol. The summed E-state index contributed by atoms with van der Waals surface area (Å²) in [5, 5.41) is 0.486. The number of carbonyl (C=O) groups is 1. The van der Waals surface area contributed by atoms with Crippen LogP contribution in [0.4, 0.5) is 11.4 Å². The number of halogens is 2. The second-order valence-corrected chi connectivity index (χ2v) is 13.2. The Morgan fingerprint density at radius 2 is 1.50 bits per heavy atom. The van der Waals surface area contributed by atoms with Gasteiger partial charge < -0.3 is 9.64 Å². The van der Waals surface area contributed by atoms with Crippen LogP contribution in [-0.4, -0.2) is 60.2 Å². The van der Waals surface area contributed by atoms with E-state index in [1.807, 2.05) is 6.26 Å². The normalized spacial score (nSPS) is 14.2. The number of amides is 1. The molecule has 2 N–H and O–H groups in total. The van der Waals surface area contributed by atoms with Crippen LogP contribution in [0.5, 0.6) is 0 Å². The molecule has 1 saturated heterocycles. The van der Waals surface area contributed by atoms with Crippen molar-refractivity contribution in [3.05, 3.63) is 76.3 Å². The van der Waals surface area contributed by atoms with Crippen LogP contribution in [0, 0.1) is 0 Å². The molecule has 4 rings (SSSR count). The van der Waals surface area contributed by atoms with Crippen LogP contribution < -0.4 is 9.44 Å². The molecule has 3 aromatic carbocycles. The number of hydrogen-bond donors (Lipinski definition) is 2. The standard InChI is InChI=1S/C24H23Cl2N3O6S3/c1-36-23-9-7-19(15-20(23)24(30)29-10-12-35-13-11-29)38(33,34)27-17-3-5-18(6-4-17)37(31,32)28-22-8-2-16(25)14-21(22)26/h2-9,14-15,27-28H,10-13H2,1H3. The molecule has 0 bridgehead atoms. The van der Waals surface area contributed by atoms with Gasteiger partial charge in [0.2, 0.25) is 0 Å². The van der Waals surface area contributed by atoms with E-state index in [0.717, 1.165) is 0 Å². The molecule has 1 aliphatic heterocycles. The molecule has 0 aromatic heterocycles. The van der Waals surface area contributed by atoms with Crippen LogP contribution in [0.15, 0.2) is 75.4 Å². The zero-order chi connectivity index (χ0) is 27.5. The minimum Gasteiger partial charge on any atom is -0.378 e. The molecule has 38 heavy (non-hydrogen) atoms. The molecule has 1 aliphatic rings. The van der Waals surface area contributed by atoms with E-state index in [-0.39, 0.29) is 37.7 Å². The quantitative estimate of drug-likeness (QED) is 0.349. The number of anilines is 2. The summed E-state index contributed by atoms with van der Waals surface area (Å²) in [6.45, 7) is 1.70. The first kappa shape index (κ1) is 28.5. The highest BCUT2D eigenvalue weighted by Gasteiger charge is 2.24. The van der Waals surface area contributed by atoms with Gasteiger partial charge in [-0.2, -0.15) is 0 Å². The summed E-state index contributed by atoms with van der Waals surface area (Å²) in [6, 6.07) is 13.9. The maximum Gasteiger partial charge on any atom is 0.261 e. The molecule has 202 valence electrons. The molecule has 0 atom stereocenters. The molecule has 1 amide bonds. The first-order chi connectivity index (χ1) is 18.0. The average molecular weight is 617 g/mol. The number of sulfonamides is 2. The highest BCUT2D eigenvalue weighted by Crippen LogP contribution is 2.29. The van der Waals surface area contributed by atoms with Gasteiger partial charge in [0.25, 0.3) is 26.0 Å². The van der Waals surface area contributed by atoms with Gasteiger partial charge in [-0.25, -0.2) is 16.8 Å². The summed E-state index contributed by atoms with van der Waals surface area (Å²) in [5.41, 5.74) is 0.580. The fourth-order valence-corrected chi connectivity index (χ4v) is 6.90. The molecular formula is C24H23Cl2N3O6S3. The predicted molar refractivity (Wildman–Crippen MR) is 149 cm³/mol. The third-order valence-corrected chi connectivity index (χ3v) is 9.71. The molecule has 3 aromatic rings. The summed E-state index contributed by atoms with van der Waals surface area (Å²) in [6.07, 6.45) is 1.81. The lowest BCUT2D eigenvalue weighted by molar-refractivity contribution is 0.0300. The van der Waals surface area contributed by atoms with E-state index in [1.54, 1.807) is 11.0 Å². The van der Waals surface area contributed by atoms with Crippen LogP contribution in [0.1, 0.15) is 10.4 Å². The van der Waals surface area contributed by atoms with Crippen LogP contribution in [0.2, 0.25) is 10.0 Å². The molecule has 0 saturated carbocycles. The van der Waals surface area contributed by atoms with E-state index in [1.165, 1.54) is 66.4 Å². The number of nitrogens with zero attached hydrogens (tertiary/aromatic N) is 1. The zero-order valence-electron chi connectivity index (χ0n) is 20.0. The lowest BCUT2D eigenvalue weighted by Gasteiger charge is -2.27.